The molecule has 0 aliphatic heterocycles. The van der Waals surface area contributed by atoms with Crippen molar-refractivity contribution in [1.29, 1.82) is 0 Å². The van der Waals surface area contributed by atoms with Crippen molar-refractivity contribution < 1.29 is 10.2 Å². The molecule has 0 radical (unpaired) electrons. The first-order valence-corrected chi connectivity index (χ1v) is 9.95. The van der Waals surface area contributed by atoms with Gasteiger partial charge in [-0.25, -0.2) is 0 Å². The second-order valence-corrected chi connectivity index (χ2v) is 9.44. The highest BCUT2D eigenvalue weighted by atomic mass is 16.3. The zero-order chi connectivity index (χ0) is 17.8. The minimum atomic E-state index is -0.0912. The van der Waals surface area contributed by atoms with Gasteiger partial charge in [0.1, 0.15) is 0 Å². The van der Waals surface area contributed by atoms with Gasteiger partial charge >= 0.3 is 0 Å². The van der Waals surface area contributed by atoms with Crippen LogP contribution in [0, 0.1) is 10.8 Å². The van der Waals surface area contributed by atoms with Gasteiger partial charge in [0.05, 0.1) is 6.10 Å². The molecule has 0 rings (SSSR count). The molecule has 0 amide bonds. The number of hydrogen-bond donors (Lipinski definition) is 2. The molecule has 2 N–H and O–H groups in total. The van der Waals surface area contributed by atoms with E-state index >= 15 is 0 Å². The fourth-order valence-electron chi connectivity index (χ4n) is 2.95. The van der Waals surface area contributed by atoms with Crippen LogP contribution in [0.3, 0.4) is 0 Å². The van der Waals surface area contributed by atoms with E-state index in [1.807, 2.05) is 0 Å². The maximum absolute atomic E-state index is 10.0. The molecule has 140 valence electrons. The smallest absolute Gasteiger partial charge is 0.0540 e. The molecule has 1 unspecified atom stereocenters. The number of unbranched alkanes of at least 4 members (excludes halogenated alkanes) is 6. The molecule has 1 atom stereocenters. The summed E-state index contributed by atoms with van der Waals surface area (Å²) in [6.45, 7) is 11.4. The molecule has 23 heavy (non-hydrogen) atoms. The first-order chi connectivity index (χ1) is 10.7. The molecule has 0 aromatic rings. The SMILES string of the molecule is CC(C)(C)CCCCCCC(O)CCCCCCC(C)(C)CO. The van der Waals surface area contributed by atoms with Gasteiger partial charge in [-0.2, -0.15) is 0 Å². The minimum Gasteiger partial charge on any atom is -0.396 e. The molecule has 0 bridgehead atoms. The Bertz CT molecular complexity index is 266. The van der Waals surface area contributed by atoms with Crippen molar-refractivity contribution in [3.05, 3.63) is 0 Å². The second kappa shape index (κ2) is 12.3. The zero-order valence-electron chi connectivity index (χ0n) is 16.7. The summed E-state index contributed by atoms with van der Waals surface area (Å²) >= 11 is 0. The molecule has 0 heterocycles. The van der Waals surface area contributed by atoms with Crippen molar-refractivity contribution in [2.75, 3.05) is 6.61 Å². The van der Waals surface area contributed by atoms with Crippen LogP contribution in [0.15, 0.2) is 0 Å². The summed E-state index contributed by atoms with van der Waals surface area (Å²) in [5.74, 6) is 0. The maximum Gasteiger partial charge on any atom is 0.0540 e. The Balaban J connectivity index is 3.36. The average Bonchev–Trinajstić information content (AvgIpc) is 2.45. The van der Waals surface area contributed by atoms with Gasteiger partial charge < -0.3 is 10.2 Å². The highest BCUT2D eigenvalue weighted by Gasteiger charge is 2.15. The summed E-state index contributed by atoms with van der Waals surface area (Å²) in [4.78, 5) is 0. The Hall–Kier alpha value is -0.0800. The topological polar surface area (TPSA) is 40.5 Å². The third-order valence-electron chi connectivity index (χ3n) is 4.78. The fourth-order valence-corrected chi connectivity index (χ4v) is 2.95. The lowest BCUT2D eigenvalue weighted by molar-refractivity contribution is 0.142. The molecule has 0 spiro atoms. The Morgan fingerprint density at radius 2 is 1.09 bits per heavy atom. The van der Waals surface area contributed by atoms with Gasteiger partial charge in [-0.3, -0.25) is 0 Å². The summed E-state index contributed by atoms with van der Waals surface area (Å²) in [6, 6.07) is 0. The van der Waals surface area contributed by atoms with E-state index in [-0.39, 0.29) is 18.1 Å². The normalized spacial score (nSPS) is 14.2. The first kappa shape index (κ1) is 22.9. The van der Waals surface area contributed by atoms with E-state index in [9.17, 15) is 10.2 Å². The van der Waals surface area contributed by atoms with Crippen molar-refractivity contribution in [2.24, 2.45) is 10.8 Å². The summed E-state index contributed by atoms with van der Waals surface area (Å²) in [7, 11) is 0. The van der Waals surface area contributed by atoms with Crippen molar-refractivity contribution in [3.8, 4) is 0 Å². The number of aliphatic hydroxyl groups excluding tert-OH is 2. The molecule has 0 aliphatic rings. The summed E-state index contributed by atoms with van der Waals surface area (Å²) < 4.78 is 0. The standard InChI is InChI=1S/C21H44O2/c1-20(2,3)16-12-8-6-10-14-19(23)15-11-7-9-13-17-21(4,5)18-22/h19,22-23H,6-18H2,1-5H3. The largest absolute Gasteiger partial charge is 0.396 e. The lowest BCUT2D eigenvalue weighted by Gasteiger charge is -2.21. The monoisotopic (exact) mass is 328 g/mol. The van der Waals surface area contributed by atoms with E-state index in [4.69, 9.17) is 0 Å². The Morgan fingerprint density at radius 3 is 1.52 bits per heavy atom. The van der Waals surface area contributed by atoms with Gasteiger partial charge in [0, 0.05) is 6.61 Å². The van der Waals surface area contributed by atoms with Gasteiger partial charge in [-0.15, -0.1) is 0 Å². The number of aliphatic hydroxyl groups is 2. The van der Waals surface area contributed by atoms with E-state index in [0.29, 0.717) is 5.41 Å². The zero-order valence-corrected chi connectivity index (χ0v) is 16.7. The lowest BCUT2D eigenvalue weighted by atomic mass is 9.88. The minimum absolute atomic E-state index is 0.0759. The maximum atomic E-state index is 10.0. The van der Waals surface area contributed by atoms with Crippen LogP contribution in [0.25, 0.3) is 0 Å². The average molecular weight is 329 g/mol. The second-order valence-electron chi connectivity index (χ2n) is 9.44. The first-order valence-electron chi connectivity index (χ1n) is 9.95. The van der Waals surface area contributed by atoms with Crippen LogP contribution in [0.4, 0.5) is 0 Å². The molecular weight excluding hydrogens is 284 g/mol. The highest BCUT2D eigenvalue weighted by molar-refractivity contribution is 4.67. The molecule has 2 nitrogen and oxygen atoms in total. The molecule has 0 fully saturated rings. The molecule has 0 aromatic carbocycles. The predicted molar refractivity (Wildman–Crippen MR) is 102 cm³/mol. The predicted octanol–water partition coefficient (Wildman–Crippen LogP) is 6.09. The summed E-state index contributed by atoms with van der Waals surface area (Å²) in [5.41, 5.74) is 0.540. The molecule has 2 heteroatoms. The summed E-state index contributed by atoms with van der Waals surface area (Å²) in [6.07, 6.45) is 14.1. The van der Waals surface area contributed by atoms with Crippen LogP contribution < -0.4 is 0 Å². The van der Waals surface area contributed by atoms with Gasteiger partial charge in [0.15, 0.2) is 0 Å². The summed E-state index contributed by atoms with van der Waals surface area (Å²) in [5, 5.41) is 19.2. The van der Waals surface area contributed by atoms with Crippen LogP contribution in [0.5, 0.6) is 0 Å². The van der Waals surface area contributed by atoms with Crippen molar-refractivity contribution >= 4 is 0 Å². The van der Waals surface area contributed by atoms with Crippen LogP contribution in [-0.2, 0) is 0 Å². The van der Waals surface area contributed by atoms with E-state index in [1.54, 1.807) is 0 Å². The van der Waals surface area contributed by atoms with Crippen molar-refractivity contribution in [3.63, 3.8) is 0 Å². The van der Waals surface area contributed by atoms with Gasteiger partial charge in [-0.05, 0) is 36.5 Å². The van der Waals surface area contributed by atoms with E-state index in [0.717, 1.165) is 25.7 Å². The molecule has 0 aliphatic carbocycles. The third-order valence-corrected chi connectivity index (χ3v) is 4.78. The van der Waals surface area contributed by atoms with Gasteiger partial charge in [0.2, 0.25) is 0 Å². The van der Waals surface area contributed by atoms with Crippen LogP contribution in [0.1, 0.15) is 112 Å². The third kappa shape index (κ3) is 16.6. The highest BCUT2D eigenvalue weighted by Crippen LogP contribution is 2.24. The van der Waals surface area contributed by atoms with E-state index < -0.39 is 0 Å². The van der Waals surface area contributed by atoms with Crippen LogP contribution >= 0.6 is 0 Å². The molecular formula is C21H44O2. The van der Waals surface area contributed by atoms with Crippen LogP contribution in [-0.4, -0.2) is 22.9 Å². The van der Waals surface area contributed by atoms with E-state index in [2.05, 4.69) is 34.6 Å². The Labute approximate surface area is 146 Å². The van der Waals surface area contributed by atoms with Crippen molar-refractivity contribution in [2.45, 2.75) is 118 Å². The lowest BCUT2D eigenvalue weighted by Crippen LogP contribution is -2.16. The molecule has 0 saturated carbocycles. The Morgan fingerprint density at radius 1 is 0.652 bits per heavy atom. The van der Waals surface area contributed by atoms with E-state index in [1.165, 1.54) is 51.4 Å². The fraction of sp³-hybridized carbons (Fsp3) is 1.00. The molecule has 0 saturated heterocycles. The number of rotatable bonds is 14. The van der Waals surface area contributed by atoms with Gasteiger partial charge in [-0.1, -0.05) is 86.0 Å². The molecule has 0 aromatic heterocycles. The Kier molecular flexibility index (Phi) is 12.3. The number of hydrogen-bond acceptors (Lipinski definition) is 2. The van der Waals surface area contributed by atoms with Gasteiger partial charge in [0.25, 0.3) is 0 Å². The quantitative estimate of drug-likeness (QED) is 0.379. The van der Waals surface area contributed by atoms with Crippen LogP contribution in [0.2, 0.25) is 0 Å². The van der Waals surface area contributed by atoms with Crippen molar-refractivity contribution in [1.82, 2.24) is 0 Å².